The molecule has 10 heteroatoms. The zero-order valence-corrected chi connectivity index (χ0v) is 18.7. The Hall–Kier alpha value is -1.75. The highest BCUT2D eigenvalue weighted by atomic mass is 16.7. The van der Waals surface area contributed by atoms with Crippen LogP contribution in [0.4, 0.5) is 5.95 Å². The molecule has 1 aromatic heterocycles. The highest BCUT2D eigenvalue weighted by Gasteiger charge is 2.52. The van der Waals surface area contributed by atoms with E-state index in [2.05, 4.69) is 28.7 Å². The Kier molecular flexibility index (Phi) is 6.43. The Morgan fingerprint density at radius 3 is 2.33 bits per heavy atom. The third-order valence-electron chi connectivity index (χ3n) is 6.30. The van der Waals surface area contributed by atoms with E-state index in [-0.39, 0.29) is 12.1 Å². The molecule has 2 aliphatic rings. The van der Waals surface area contributed by atoms with Crippen molar-refractivity contribution >= 4 is 24.4 Å². The van der Waals surface area contributed by atoms with E-state index in [9.17, 15) is 9.90 Å². The zero-order chi connectivity index (χ0) is 22.3. The summed E-state index contributed by atoms with van der Waals surface area (Å²) in [6.45, 7) is 12.5. The van der Waals surface area contributed by atoms with Crippen LogP contribution in [-0.4, -0.2) is 87.2 Å². The molecule has 3 heterocycles. The van der Waals surface area contributed by atoms with Crippen molar-refractivity contribution in [3.8, 4) is 0 Å². The van der Waals surface area contributed by atoms with Gasteiger partial charge in [-0.1, -0.05) is 0 Å². The lowest BCUT2D eigenvalue weighted by atomic mass is 9.81. The number of hydrogen-bond donors (Lipinski definition) is 2. The molecule has 2 N–H and O–H groups in total. The van der Waals surface area contributed by atoms with E-state index in [1.807, 2.05) is 27.7 Å². The van der Waals surface area contributed by atoms with E-state index in [1.54, 1.807) is 17.3 Å². The van der Waals surface area contributed by atoms with Crippen molar-refractivity contribution in [1.29, 1.82) is 0 Å². The van der Waals surface area contributed by atoms with Crippen LogP contribution < -0.4 is 10.4 Å². The molecular weight excluding hydrogens is 387 g/mol. The van der Waals surface area contributed by atoms with Gasteiger partial charge >= 0.3 is 7.12 Å². The van der Waals surface area contributed by atoms with Gasteiger partial charge in [0, 0.05) is 37.0 Å². The summed E-state index contributed by atoms with van der Waals surface area (Å²) in [5.74, 6) is 0.132. The van der Waals surface area contributed by atoms with Gasteiger partial charge in [0.15, 0.2) is 6.10 Å². The topological polar surface area (TPSA) is 108 Å². The van der Waals surface area contributed by atoms with Crippen molar-refractivity contribution in [3.63, 3.8) is 0 Å². The number of anilines is 1. The van der Waals surface area contributed by atoms with E-state index in [0.717, 1.165) is 11.9 Å². The maximum absolute atomic E-state index is 12.2. The van der Waals surface area contributed by atoms with Crippen LogP contribution in [0, 0.1) is 0 Å². The summed E-state index contributed by atoms with van der Waals surface area (Å²) < 4.78 is 12.1. The molecule has 0 bridgehead atoms. The van der Waals surface area contributed by atoms with Crippen LogP contribution in [0.15, 0.2) is 12.4 Å². The molecule has 0 aliphatic carbocycles. The lowest BCUT2D eigenvalue weighted by Gasteiger charge is -2.33. The molecule has 0 radical (unpaired) electrons. The Labute approximate surface area is 178 Å². The highest BCUT2D eigenvalue weighted by molar-refractivity contribution is 6.61. The first-order valence-corrected chi connectivity index (χ1v) is 10.5. The summed E-state index contributed by atoms with van der Waals surface area (Å²) in [6.07, 6.45) is 2.83. The molecule has 30 heavy (non-hydrogen) atoms. The molecule has 1 amide bonds. The summed E-state index contributed by atoms with van der Waals surface area (Å²) in [6, 6.07) is 0.151. The van der Waals surface area contributed by atoms with Gasteiger partial charge in [0.1, 0.15) is 0 Å². The second kappa shape index (κ2) is 8.41. The second-order valence-electron chi connectivity index (χ2n) is 9.33. The average Bonchev–Trinajstić information content (AvgIpc) is 3.23. The van der Waals surface area contributed by atoms with Gasteiger partial charge < -0.3 is 29.3 Å². The quantitative estimate of drug-likeness (QED) is 0.617. The molecule has 3 rings (SSSR count). The van der Waals surface area contributed by atoms with Crippen molar-refractivity contribution < 1.29 is 24.3 Å². The van der Waals surface area contributed by atoms with Gasteiger partial charge in [0.25, 0.3) is 5.91 Å². The smallest absolute Gasteiger partial charge is 0.399 e. The molecule has 9 nitrogen and oxygen atoms in total. The van der Waals surface area contributed by atoms with Gasteiger partial charge in [-0.2, -0.15) is 0 Å². The molecule has 0 saturated carbocycles. The van der Waals surface area contributed by atoms with Gasteiger partial charge in [-0.25, -0.2) is 9.97 Å². The van der Waals surface area contributed by atoms with Gasteiger partial charge in [0.05, 0.1) is 23.9 Å². The minimum absolute atomic E-state index is 0.0301. The third-order valence-corrected chi connectivity index (χ3v) is 6.30. The molecule has 2 saturated heterocycles. The first-order chi connectivity index (χ1) is 14.0. The Morgan fingerprint density at radius 2 is 1.83 bits per heavy atom. The molecule has 2 fully saturated rings. The van der Waals surface area contributed by atoms with Crippen molar-refractivity contribution in [2.75, 3.05) is 24.6 Å². The summed E-state index contributed by atoms with van der Waals surface area (Å²) in [4.78, 5) is 25.0. The molecule has 1 aromatic rings. The second-order valence-corrected chi connectivity index (χ2v) is 9.33. The number of aliphatic hydroxyl groups is 2. The van der Waals surface area contributed by atoms with Crippen LogP contribution >= 0.6 is 0 Å². The lowest BCUT2D eigenvalue weighted by Crippen LogP contribution is -2.46. The first-order valence-electron chi connectivity index (χ1n) is 10.5. The van der Waals surface area contributed by atoms with E-state index in [1.165, 1.54) is 0 Å². The van der Waals surface area contributed by atoms with E-state index in [0.29, 0.717) is 19.0 Å². The molecule has 0 unspecified atom stereocenters. The largest absolute Gasteiger partial charge is 0.498 e. The summed E-state index contributed by atoms with van der Waals surface area (Å²) >= 11 is 0. The van der Waals surface area contributed by atoms with Crippen LogP contribution in [-0.2, 0) is 14.1 Å². The molecule has 2 atom stereocenters. The minimum atomic E-state index is -1.37. The number of nitrogens with zero attached hydrogens (tertiary/aromatic N) is 4. The molecule has 0 spiro atoms. The molecule has 0 aromatic carbocycles. The van der Waals surface area contributed by atoms with Crippen molar-refractivity contribution in [2.45, 2.75) is 77.4 Å². The predicted octanol–water partition coefficient (Wildman–Crippen LogP) is -0.0553. The van der Waals surface area contributed by atoms with Crippen LogP contribution in [0.1, 0.15) is 48.0 Å². The van der Waals surface area contributed by atoms with Crippen LogP contribution in [0.2, 0.25) is 0 Å². The monoisotopic (exact) mass is 420 g/mol. The first kappa shape index (κ1) is 22.9. The molecule has 166 valence electrons. The van der Waals surface area contributed by atoms with Gasteiger partial charge in [-0.05, 0) is 48.0 Å². The normalized spacial score (nSPS) is 23.8. The van der Waals surface area contributed by atoms with Crippen molar-refractivity contribution in [3.05, 3.63) is 12.4 Å². The third kappa shape index (κ3) is 4.32. The number of rotatable bonds is 6. The summed E-state index contributed by atoms with van der Waals surface area (Å²) in [5, 5.41) is 18.7. The fourth-order valence-electron chi connectivity index (χ4n) is 3.84. The molecular formula is C20H33BN4O5. The number of amides is 1. The number of aliphatic hydroxyl groups excluding tert-OH is 2. The van der Waals surface area contributed by atoms with E-state index in [4.69, 9.17) is 14.4 Å². The number of carbonyl (C=O) groups excluding carboxylic acids is 1. The summed E-state index contributed by atoms with van der Waals surface area (Å²) in [7, 11) is -0.517. The van der Waals surface area contributed by atoms with Crippen LogP contribution in [0.25, 0.3) is 0 Å². The van der Waals surface area contributed by atoms with Crippen LogP contribution in [0.3, 0.4) is 0 Å². The molecule has 2 aliphatic heterocycles. The van der Waals surface area contributed by atoms with Crippen LogP contribution in [0.5, 0.6) is 0 Å². The van der Waals surface area contributed by atoms with E-state index >= 15 is 0 Å². The Balaban J connectivity index is 1.73. The fraction of sp³-hybridized carbons (Fsp3) is 0.750. The number of carbonyl (C=O) groups is 1. The highest BCUT2D eigenvalue weighted by Crippen LogP contribution is 2.36. The number of likely N-dealkylation sites (tertiary alicyclic amines) is 1. The summed E-state index contributed by atoms with van der Waals surface area (Å²) in [5.41, 5.74) is -0.103. The van der Waals surface area contributed by atoms with Crippen molar-refractivity contribution in [2.24, 2.45) is 0 Å². The number of aromatic nitrogens is 2. The number of hydrogen-bond acceptors (Lipinski definition) is 8. The zero-order valence-electron chi connectivity index (χ0n) is 18.7. The van der Waals surface area contributed by atoms with Gasteiger partial charge in [-0.15, -0.1) is 0 Å². The average molecular weight is 420 g/mol. The standard InChI is InChI=1S/C20H33BN4O5/c1-13(2)25(15-7-8-24(11-15)17(28)16(27)12-26)18-22-9-14(10-23-18)21-29-19(3,4)20(5,6)30-21/h9-10,13,15-16,26-27H,7-8,11-12H2,1-6H3/t15-,16-/m0/s1. The maximum Gasteiger partial charge on any atom is 0.498 e. The Morgan fingerprint density at radius 1 is 1.27 bits per heavy atom. The fourth-order valence-corrected chi connectivity index (χ4v) is 3.84. The van der Waals surface area contributed by atoms with E-state index < -0.39 is 36.9 Å². The van der Waals surface area contributed by atoms with Gasteiger partial charge in [0.2, 0.25) is 5.95 Å². The SMILES string of the molecule is CC(C)N(c1ncc(B2OC(C)(C)C(C)(C)O2)cn1)[C@H]1CCN(C(=O)[C@@H](O)CO)C1. The lowest BCUT2D eigenvalue weighted by molar-refractivity contribution is -0.141. The Bertz CT molecular complexity index is 742. The minimum Gasteiger partial charge on any atom is -0.399 e. The maximum atomic E-state index is 12.2. The predicted molar refractivity (Wildman–Crippen MR) is 113 cm³/mol. The van der Waals surface area contributed by atoms with Gasteiger partial charge in [-0.3, -0.25) is 4.79 Å². The van der Waals surface area contributed by atoms with Crippen molar-refractivity contribution in [1.82, 2.24) is 14.9 Å².